The van der Waals surface area contributed by atoms with Gasteiger partial charge in [-0.1, -0.05) is 41.9 Å². The molecule has 7 rings (SSSR count). The second-order valence-corrected chi connectivity index (χ2v) is 13.6. The number of hydrogen-bond donors (Lipinski definition) is 2. The summed E-state index contributed by atoms with van der Waals surface area (Å²) in [7, 11) is 1.64. The summed E-state index contributed by atoms with van der Waals surface area (Å²) < 4.78 is 5.87. The van der Waals surface area contributed by atoms with Gasteiger partial charge in [-0.05, 0) is 49.5 Å². The SMILES string of the molecule is C=CC(=O)Nc1cc(Nc2cc(N3OCCC3c3cccc(Cl)c3Cl)ncn2)c(OC)cc1N1CCC(N2CCN(C3CC3)CC2)CC1. The maximum Gasteiger partial charge on any atom is 0.247 e. The number of ether oxygens (including phenoxy) is 1. The van der Waals surface area contributed by atoms with Gasteiger partial charge in [-0.25, -0.2) is 15.0 Å². The van der Waals surface area contributed by atoms with Crippen molar-refractivity contribution in [2.45, 2.75) is 50.2 Å². The van der Waals surface area contributed by atoms with Gasteiger partial charge in [0.25, 0.3) is 0 Å². The van der Waals surface area contributed by atoms with Crippen molar-refractivity contribution in [2.24, 2.45) is 0 Å². The fraction of sp³-hybridized carbons (Fsp3) is 0.457. The van der Waals surface area contributed by atoms with Gasteiger partial charge in [0.2, 0.25) is 5.91 Å². The zero-order chi connectivity index (χ0) is 33.2. The van der Waals surface area contributed by atoms with E-state index >= 15 is 0 Å². The summed E-state index contributed by atoms with van der Waals surface area (Å²) in [4.78, 5) is 35.2. The van der Waals surface area contributed by atoms with Crippen LogP contribution in [0.2, 0.25) is 10.0 Å². The number of methoxy groups -OCH3 is 1. The number of anilines is 5. The molecule has 2 N–H and O–H groups in total. The number of hydroxylamine groups is 1. The van der Waals surface area contributed by atoms with E-state index in [9.17, 15) is 4.79 Å². The summed E-state index contributed by atoms with van der Waals surface area (Å²) in [6.45, 7) is 10.6. The number of aromatic nitrogens is 2. The number of carbonyl (C=O) groups is 1. The molecular weight excluding hydrogens is 651 g/mol. The van der Waals surface area contributed by atoms with E-state index < -0.39 is 0 Å². The smallest absolute Gasteiger partial charge is 0.247 e. The average molecular weight is 694 g/mol. The molecule has 48 heavy (non-hydrogen) atoms. The number of hydrogen-bond acceptors (Lipinski definition) is 10. The molecule has 4 heterocycles. The highest BCUT2D eigenvalue weighted by molar-refractivity contribution is 6.42. The predicted molar refractivity (Wildman–Crippen MR) is 191 cm³/mol. The number of piperazine rings is 1. The molecule has 0 spiro atoms. The second-order valence-electron chi connectivity index (χ2n) is 12.8. The van der Waals surface area contributed by atoms with E-state index in [0.717, 1.165) is 62.7 Å². The van der Waals surface area contributed by atoms with E-state index in [2.05, 4.69) is 41.9 Å². The molecule has 1 atom stereocenters. The molecule has 1 aliphatic carbocycles. The predicted octanol–water partition coefficient (Wildman–Crippen LogP) is 6.29. The number of piperidine rings is 1. The molecule has 1 unspecified atom stereocenters. The molecule has 3 aliphatic heterocycles. The van der Waals surface area contributed by atoms with Crippen molar-refractivity contribution in [2.75, 3.05) is 73.6 Å². The van der Waals surface area contributed by atoms with Crippen LogP contribution in [0, 0.1) is 0 Å². The molecular formula is C35H42Cl2N8O3. The molecule has 0 radical (unpaired) electrons. The molecule has 1 amide bonds. The summed E-state index contributed by atoms with van der Waals surface area (Å²) >= 11 is 12.9. The lowest BCUT2D eigenvalue weighted by Gasteiger charge is -2.43. The number of nitrogens with zero attached hydrogens (tertiary/aromatic N) is 6. The number of amides is 1. The Labute approximate surface area is 291 Å². The fourth-order valence-corrected chi connectivity index (χ4v) is 7.62. The van der Waals surface area contributed by atoms with Crippen LogP contribution in [0.5, 0.6) is 5.75 Å². The first-order valence-corrected chi connectivity index (χ1v) is 17.5. The molecule has 3 saturated heterocycles. The fourth-order valence-electron chi connectivity index (χ4n) is 7.19. The Morgan fingerprint density at radius 1 is 0.958 bits per heavy atom. The molecule has 254 valence electrons. The zero-order valence-electron chi connectivity index (χ0n) is 27.2. The first kappa shape index (κ1) is 32.9. The van der Waals surface area contributed by atoms with Crippen LogP contribution in [0.3, 0.4) is 0 Å². The molecule has 11 nitrogen and oxygen atoms in total. The molecule has 1 saturated carbocycles. The van der Waals surface area contributed by atoms with E-state index in [4.69, 9.17) is 32.8 Å². The summed E-state index contributed by atoms with van der Waals surface area (Å²) in [5.41, 5.74) is 3.10. The van der Waals surface area contributed by atoms with Gasteiger partial charge in [-0.15, -0.1) is 0 Å². The first-order valence-electron chi connectivity index (χ1n) is 16.8. The van der Waals surface area contributed by atoms with Crippen molar-refractivity contribution in [1.29, 1.82) is 0 Å². The molecule has 4 aliphatic rings. The second kappa shape index (κ2) is 14.5. The van der Waals surface area contributed by atoms with E-state index in [1.165, 1.54) is 38.3 Å². The Morgan fingerprint density at radius 3 is 2.38 bits per heavy atom. The van der Waals surface area contributed by atoms with Gasteiger partial charge >= 0.3 is 0 Å². The third-order valence-electron chi connectivity index (χ3n) is 9.88. The molecule has 2 aromatic carbocycles. The lowest BCUT2D eigenvalue weighted by Crippen LogP contribution is -2.53. The van der Waals surface area contributed by atoms with Crippen molar-refractivity contribution in [3.63, 3.8) is 0 Å². The average Bonchev–Trinajstić information content (AvgIpc) is 3.86. The van der Waals surface area contributed by atoms with Crippen LogP contribution in [-0.4, -0.2) is 90.7 Å². The van der Waals surface area contributed by atoms with Crippen LogP contribution in [0.1, 0.15) is 43.7 Å². The van der Waals surface area contributed by atoms with Crippen LogP contribution in [0.4, 0.5) is 28.7 Å². The van der Waals surface area contributed by atoms with E-state index in [1.807, 2.05) is 24.3 Å². The van der Waals surface area contributed by atoms with Gasteiger partial charge < -0.3 is 20.3 Å². The lowest BCUT2D eigenvalue weighted by molar-refractivity contribution is -0.111. The Hall–Kier alpha value is -3.61. The van der Waals surface area contributed by atoms with Crippen molar-refractivity contribution in [1.82, 2.24) is 19.8 Å². The molecule has 1 aromatic heterocycles. The highest BCUT2D eigenvalue weighted by atomic mass is 35.5. The third-order valence-corrected chi connectivity index (χ3v) is 10.7. The Balaban J connectivity index is 1.09. The minimum atomic E-state index is -0.281. The summed E-state index contributed by atoms with van der Waals surface area (Å²) in [5.74, 6) is 1.44. The maximum absolute atomic E-state index is 12.6. The van der Waals surface area contributed by atoms with Crippen molar-refractivity contribution >= 4 is 57.8 Å². The van der Waals surface area contributed by atoms with Gasteiger partial charge in [0.15, 0.2) is 5.82 Å². The number of carbonyl (C=O) groups excluding carboxylic acids is 1. The highest BCUT2D eigenvalue weighted by Crippen LogP contribution is 2.42. The minimum Gasteiger partial charge on any atom is -0.494 e. The highest BCUT2D eigenvalue weighted by Gasteiger charge is 2.35. The van der Waals surface area contributed by atoms with Gasteiger partial charge in [0.05, 0.1) is 46.9 Å². The standard InChI is InChI=1S/C35H42Cl2N8O3/c1-3-34(46)41-27-19-28(40-32-21-33(39-22-38-32)45-29(11-18-48-45)25-5-4-6-26(36)35(25)37)31(47-2)20-30(27)44-12-9-24(10-13-44)43-16-14-42(15-17-43)23-7-8-23/h3-6,19-24,29H,1,7-18H2,2H3,(H,41,46)(H,38,39,40). The van der Waals surface area contributed by atoms with E-state index in [1.54, 1.807) is 24.3 Å². The Kier molecular flexibility index (Phi) is 9.93. The number of nitrogens with one attached hydrogen (secondary N) is 2. The number of halogens is 2. The Morgan fingerprint density at radius 2 is 1.69 bits per heavy atom. The largest absolute Gasteiger partial charge is 0.494 e. The van der Waals surface area contributed by atoms with Crippen LogP contribution < -0.4 is 25.3 Å². The monoisotopic (exact) mass is 692 g/mol. The van der Waals surface area contributed by atoms with Gasteiger partial charge in [-0.2, -0.15) is 0 Å². The summed E-state index contributed by atoms with van der Waals surface area (Å²) in [6.07, 6.45) is 8.37. The normalized spacial score (nSPS) is 20.9. The van der Waals surface area contributed by atoms with E-state index in [-0.39, 0.29) is 11.9 Å². The minimum absolute atomic E-state index is 0.162. The summed E-state index contributed by atoms with van der Waals surface area (Å²) in [5, 5.41) is 9.15. The zero-order valence-corrected chi connectivity index (χ0v) is 28.7. The molecule has 0 bridgehead atoms. The van der Waals surface area contributed by atoms with Crippen LogP contribution >= 0.6 is 23.2 Å². The topological polar surface area (TPSA) is 98.3 Å². The van der Waals surface area contributed by atoms with Crippen molar-refractivity contribution in [3.05, 3.63) is 71.0 Å². The summed E-state index contributed by atoms with van der Waals surface area (Å²) in [6, 6.07) is 12.5. The molecule has 3 aromatic rings. The maximum atomic E-state index is 12.6. The quantitative estimate of drug-likeness (QED) is 0.236. The molecule has 4 fully saturated rings. The van der Waals surface area contributed by atoms with Gasteiger partial charge in [-0.3, -0.25) is 19.4 Å². The van der Waals surface area contributed by atoms with Crippen LogP contribution in [0.15, 0.2) is 55.4 Å². The lowest BCUT2D eigenvalue weighted by atomic mass is 10.0. The van der Waals surface area contributed by atoms with E-state index in [0.29, 0.717) is 51.5 Å². The van der Waals surface area contributed by atoms with Crippen LogP contribution in [0.25, 0.3) is 0 Å². The van der Waals surface area contributed by atoms with Gasteiger partial charge in [0.1, 0.15) is 17.9 Å². The number of benzene rings is 2. The van der Waals surface area contributed by atoms with Gasteiger partial charge in [0, 0.05) is 69.9 Å². The first-order chi connectivity index (χ1) is 23.4. The molecule has 13 heteroatoms. The van der Waals surface area contributed by atoms with Crippen LogP contribution in [-0.2, 0) is 9.63 Å². The number of rotatable bonds is 10. The Bertz CT molecular complexity index is 1640. The third kappa shape index (κ3) is 7.06. The van der Waals surface area contributed by atoms with Crippen molar-refractivity contribution < 1.29 is 14.4 Å². The van der Waals surface area contributed by atoms with Crippen molar-refractivity contribution in [3.8, 4) is 5.75 Å².